The summed E-state index contributed by atoms with van der Waals surface area (Å²) in [7, 11) is 1.75. The molecule has 0 saturated carbocycles. The van der Waals surface area contributed by atoms with Crippen molar-refractivity contribution >= 4 is 17.6 Å². The number of nitrogens with zero attached hydrogens (tertiary/aromatic N) is 4. The van der Waals surface area contributed by atoms with Crippen molar-refractivity contribution in [3.63, 3.8) is 0 Å². The lowest BCUT2D eigenvalue weighted by molar-refractivity contribution is -0.386. The number of phenolic OH excluding ortho intramolecular Hbond substituents is 1. The van der Waals surface area contributed by atoms with Crippen molar-refractivity contribution in [2.75, 3.05) is 6.61 Å². The highest BCUT2D eigenvalue weighted by molar-refractivity contribution is 5.85. The van der Waals surface area contributed by atoms with Gasteiger partial charge in [-0.15, -0.1) is 0 Å². The van der Waals surface area contributed by atoms with Crippen molar-refractivity contribution in [1.29, 1.82) is 0 Å². The second-order valence-corrected chi connectivity index (χ2v) is 6.25. The molecule has 150 valence electrons. The van der Waals surface area contributed by atoms with Crippen LogP contribution < -0.4 is 10.3 Å². The number of nitro benzene ring substituents is 1. The molecule has 3 aromatic rings. The zero-order chi connectivity index (χ0) is 21.1. The molecule has 0 saturated heterocycles. The van der Waals surface area contributed by atoms with Crippen LogP contribution in [-0.2, 0) is 7.05 Å². The van der Waals surface area contributed by atoms with E-state index in [1.165, 1.54) is 23.0 Å². The Labute approximate surface area is 166 Å². The minimum absolute atomic E-state index is 0.0189. The van der Waals surface area contributed by atoms with Gasteiger partial charge in [0.15, 0.2) is 11.4 Å². The van der Waals surface area contributed by atoms with Gasteiger partial charge in [0.25, 0.3) is 5.56 Å². The molecule has 0 atom stereocenters. The number of para-hydroxylation sites is 1. The van der Waals surface area contributed by atoms with E-state index in [1.807, 2.05) is 30.3 Å². The van der Waals surface area contributed by atoms with Gasteiger partial charge in [0, 0.05) is 24.9 Å². The molecule has 0 amide bonds. The Balaban J connectivity index is 2.07. The molecule has 3 rings (SSSR count). The zero-order valence-electron chi connectivity index (χ0n) is 16.2. The number of ether oxygens (including phenoxy) is 1. The van der Waals surface area contributed by atoms with Crippen molar-refractivity contribution in [3.8, 4) is 17.2 Å². The number of aliphatic imine (C=N–C) groups is 1. The minimum atomic E-state index is -0.703. The number of rotatable bonds is 6. The Morgan fingerprint density at radius 2 is 1.97 bits per heavy atom. The molecule has 0 radical (unpaired) electrons. The van der Waals surface area contributed by atoms with E-state index in [4.69, 9.17) is 4.74 Å². The maximum Gasteiger partial charge on any atom is 0.315 e. The summed E-state index contributed by atoms with van der Waals surface area (Å²) in [6, 6.07) is 11.8. The molecule has 0 bridgehead atoms. The molecule has 0 aliphatic carbocycles. The Hall–Kier alpha value is -3.88. The van der Waals surface area contributed by atoms with Crippen LogP contribution in [0.4, 0.5) is 11.4 Å². The van der Waals surface area contributed by atoms with Crippen LogP contribution in [0.25, 0.3) is 5.69 Å². The third kappa shape index (κ3) is 3.75. The lowest BCUT2D eigenvalue weighted by Crippen LogP contribution is -2.19. The normalized spacial score (nSPS) is 11.1. The topological polar surface area (TPSA) is 112 Å². The molecule has 0 spiro atoms. The first-order chi connectivity index (χ1) is 13.8. The van der Waals surface area contributed by atoms with Crippen LogP contribution >= 0.6 is 0 Å². The van der Waals surface area contributed by atoms with Crippen LogP contribution in [-0.4, -0.2) is 32.2 Å². The summed E-state index contributed by atoms with van der Waals surface area (Å²) in [6.07, 6.45) is 1.34. The first kappa shape index (κ1) is 19.9. The average molecular weight is 396 g/mol. The van der Waals surface area contributed by atoms with Gasteiger partial charge in [-0.05, 0) is 32.0 Å². The molecule has 0 fully saturated rings. The summed E-state index contributed by atoms with van der Waals surface area (Å²) in [5.41, 5.74) is 1.06. The van der Waals surface area contributed by atoms with Crippen molar-refractivity contribution in [2.45, 2.75) is 13.8 Å². The lowest BCUT2D eigenvalue weighted by atomic mass is 10.2. The minimum Gasteiger partial charge on any atom is -0.500 e. The standard InChI is InChI=1S/C20H20N4O5/c1-4-29-17-11-14(10-16(19(17)25)24(27)28)12-21-18-13(2)22(3)23(20(18)26)15-8-6-5-7-9-15/h5-12,25H,4H2,1-3H3. The third-order valence-electron chi connectivity index (χ3n) is 4.44. The van der Waals surface area contributed by atoms with E-state index in [9.17, 15) is 20.0 Å². The summed E-state index contributed by atoms with van der Waals surface area (Å²) in [5.74, 6) is -0.564. The van der Waals surface area contributed by atoms with E-state index >= 15 is 0 Å². The molecule has 2 aromatic carbocycles. The van der Waals surface area contributed by atoms with Gasteiger partial charge in [0.2, 0.25) is 5.75 Å². The number of benzene rings is 2. The van der Waals surface area contributed by atoms with Crippen LogP contribution in [0.1, 0.15) is 18.2 Å². The van der Waals surface area contributed by atoms with Crippen LogP contribution in [0.2, 0.25) is 0 Å². The summed E-state index contributed by atoms with van der Waals surface area (Å²) in [4.78, 5) is 27.7. The summed E-state index contributed by atoms with van der Waals surface area (Å²) >= 11 is 0. The largest absolute Gasteiger partial charge is 0.500 e. The Bertz CT molecular complexity index is 1150. The fourth-order valence-corrected chi connectivity index (χ4v) is 2.94. The molecule has 0 aliphatic rings. The lowest BCUT2D eigenvalue weighted by Gasteiger charge is -2.07. The molecule has 1 aromatic heterocycles. The van der Waals surface area contributed by atoms with Crippen molar-refractivity contribution in [2.24, 2.45) is 12.0 Å². The number of hydrogen-bond acceptors (Lipinski definition) is 6. The number of nitro groups is 1. The van der Waals surface area contributed by atoms with E-state index in [1.54, 1.807) is 25.6 Å². The Morgan fingerprint density at radius 3 is 2.59 bits per heavy atom. The second-order valence-electron chi connectivity index (χ2n) is 6.25. The van der Waals surface area contributed by atoms with Gasteiger partial charge in [-0.2, -0.15) is 0 Å². The molecule has 9 nitrogen and oxygen atoms in total. The number of phenols is 1. The molecule has 9 heteroatoms. The van der Waals surface area contributed by atoms with Crippen LogP contribution in [0.3, 0.4) is 0 Å². The SMILES string of the molecule is CCOc1cc(C=Nc2c(C)n(C)n(-c3ccccc3)c2=O)cc([N+](=O)[O-])c1O. The molecule has 1 heterocycles. The van der Waals surface area contributed by atoms with Crippen molar-refractivity contribution in [1.82, 2.24) is 9.36 Å². The monoisotopic (exact) mass is 396 g/mol. The zero-order valence-corrected chi connectivity index (χ0v) is 16.2. The predicted molar refractivity (Wildman–Crippen MR) is 109 cm³/mol. The predicted octanol–water partition coefficient (Wildman–Crippen LogP) is 3.25. The van der Waals surface area contributed by atoms with Crippen LogP contribution in [0.5, 0.6) is 11.5 Å². The Morgan fingerprint density at radius 1 is 1.28 bits per heavy atom. The molecule has 0 aliphatic heterocycles. The molecular weight excluding hydrogens is 376 g/mol. The van der Waals surface area contributed by atoms with Crippen LogP contribution in [0.15, 0.2) is 52.3 Å². The van der Waals surface area contributed by atoms with Crippen LogP contribution in [0, 0.1) is 17.0 Å². The number of hydrogen-bond donors (Lipinski definition) is 1. The summed E-state index contributed by atoms with van der Waals surface area (Å²) in [6.45, 7) is 3.69. The highest BCUT2D eigenvalue weighted by atomic mass is 16.6. The van der Waals surface area contributed by atoms with Gasteiger partial charge in [-0.1, -0.05) is 18.2 Å². The van der Waals surface area contributed by atoms with Gasteiger partial charge in [-0.25, -0.2) is 9.67 Å². The number of aromatic hydroxyl groups is 1. The first-order valence-corrected chi connectivity index (χ1v) is 8.87. The third-order valence-corrected chi connectivity index (χ3v) is 4.44. The highest BCUT2D eigenvalue weighted by Crippen LogP contribution is 2.36. The van der Waals surface area contributed by atoms with Gasteiger partial charge in [0.1, 0.15) is 0 Å². The quantitative estimate of drug-likeness (QED) is 0.390. The average Bonchev–Trinajstić information content (AvgIpc) is 2.91. The van der Waals surface area contributed by atoms with Gasteiger partial charge < -0.3 is 9.84 Å². The van der Waals surface area contributed by atoms with E-state index in [-0.39, 0.29) is 23.6 Å². The summed E-state index contributed by atoms with van der Waals surface area (Å²) in [5, 5.41) is 21.2. The smallest absolute Gasteiger partial charge is 0.315 e. The second kappa shape index (κ2) is 8.01. The summed E-state index contributed by atoms with van der Waals surface area (Å²) < 4.78 is 8.45. The first-order valence-electron chi connectivity index (χ1n) is 8.87. The van der Waals surface area contributed by atoms with Gasteiger partial charge >= 0.3 is 5.69 Å². The molecule has 29 heavy (non-hydrogen) atoms. The van der Waals surface area contributed by atoms with Crippen molar-refractivity contribution < 1.29 is 14.8 Å². The maximum absolute atomic E-state index is 12.9. The van der Waals surface area contributed by atoms with E-state index in [0.29, 0.717) is 16.9 Å². The van der Waals surface area contributed by atoms with Gasteiger partial charge in [-0.3, -0.25) is 19.6 Å². The fourth-order valence-electron chi connectivity index (χ4n) is 2.94. The number of aromatic nitrogens is 2. The fraction of sp³-hybridized carbons (Fsp3) is 0.200. The van der Waals surface area contributed by atoms with E-state index in [0.717, 1.165) is 0 Å². The van der Waals surface area contributed by atoms with E-state index < -0.39 is 16.4 Å². The Kier molecular flexibility index (Phi) is 5.49. The van der Waals surface area contributed by atoms with Crippen molar-refractivity contribution in [3.05, 3.63) is 74.2 Å². The molecular formula is C20H20N4O5. The highest BCUT2D eigenvalue weighted by Gasteiger charge is 2.20. The molecule has 0 unspecified atom stereocenters. The van der Waals surface area contributed by atoms with E-state index in [2.05, 4.69) is 4.99 Å². The van der Waals surface area contributed by atoms with Gasteiger partial charge in [0.05, 0.1) is 22.9 Å². The maximum atomic E-state index is 12.9. The molecule has 1 N–H and O–H groups in total.